The molecule has 0 bridgehead atoms. The maximum atomic E-state index is 6.02. The number of benzene rings is 1. The Morgan fingerprint density at radius 3 is 3.20 bits per heavy atom. The largest absolute Gasteiger partial charge is 0.385 e. The van der Waals surface area contributed by atoms with Crippen LogP contribution in [0.5, 0.6) is 0 Å². The lowest BCUT2D eigenvalue weighted by molar-refractivity contribution is 0.186. The van der Waals surface area contributed by atoms with E-state index in [2.05, 4.69) is 17.4 Å². The predicted molar refractivity (Wildman–Crippen MR) is 62.4 cm³/mol. The molecule has 2 rings (SSSR count). The Labute approximate surface area is 95.6 Å². The number of ether oxygens (including phenoxy) is 1. The Morgan fingerprint density at radius 1 is 1.53 bits per heavy atom. The number of hydrogen-bond acceptors (Lipinski definition) is 2. The van der Waals surface area contributed by atoms with Crippen molar-refractivity contribution < 1.29 is 4.74 Å². The summed E-state index contributed by atoms with van der Waals surface area (Å²) < 4.78 is 5.13. The van der Waals surface area contributed by atoms with Crippen molar-refractivity contribution in [3.63, 3.8) is 0 Å². The number of methoxy groups -OCH3 is 1. The van der Waals surface area contributed by atoms with Crippen molar-refractivity contribution in [3.05, 3.63) is 34.3 Å². The second kappa shape index (κ2) is 4.97. The fourth-order valence-corrected chi connectivity index (χ4v) is 2.30. The fraction of sp³-hybridized carbons (Fsp3) is 0.500. The van der Waals surface area contributed by atoms with E-state index >= 15 is 0 Å². The SMILES string of the molecule is COCCC1CNCc2ccc(Cl)cc21. The van der Waals surface area contributed by atoms with Gasteiger partial charge >= 0.3 is 0 Å². The third kappa shape index (κ3) is 2.51. The van der Waals surface area contributed by atoms with Crippen LogP contribution in [0.25, 0.3) is 0 Å². The molecule has 1 aliphatic rings. The summed E-state index contributed by atoms with van der Waals surface area (Å²) in [5, 5.41) is 4.25. The van der Waals surface area contributed by atoms with E-state index < -0.39 is 0 Å². The standard InChI is InChI=1S/C12H16ClNO/c1-15-5-4-10-8-14-7-9-2-3-11(13)6-12(9)10/h2-3,6,10,14H,4-5,7-8H2,1H3. The lowest BCUT2D eigenvalue weighted by Gasteiger charge is -2.26. The number of fused-ring (bicyclic) bond motifs is 1. The van der Waals surface area contributed by atoms with Gasteiger partial charge in [-0.25, -0.2) is 0 Å². The molecule has 0 amide bonds. The van der Waals surface area contributed by atoms with E-state index in [1.54, 1.807) is 7.11 Å². The lowest BCUT2D eigenvalue weighted by atomic mass is 9.89. The summed E-state index contributed by atoms with van der Waals surface area (Å²) in [5.74, 6) is 0.535. The maximum Gasteiger partial charge on any atom is 0.0468 e. The number of halogens is 1. The smallest absolute Gasteiger partial charge is 0.0468 e. The van der Waals surface area contributed by atoms with E-state index in [1.165, 1.54) is 11.1 Å². The normalized spacial score (nSPS) is 20.0. The fourth-order valence-electron chi connectivity index (χ4n) is 2.12. The van der Waals surface area contributed by atoms with Gasteiger partial charge in [0.1, 0.15) is 0 Å². The Hall–Kier alpha value is -0.570. The van der Waals surface area contributed by atoms with Gasteiger partial charge in [-0.2, -0.15) is 0 Å². The van der Waals surface area contributed by atoms with Gasteiger partial charge in [-0.15, -0.1) is 0 Å². The Bertz CT molecular complexity index is 340. The number of nitrogens with one attached hydrogen (secondary N) is 1. The number of hydrogen-bond donors (Lipinski definition) is 1. The topological polar surface area (TPSA) is 21.3 Å². The van der Waals surface area contributed by atoms with Crippen molar-refractivity contribution in [1.82, 2.24) is 5.32 Å². The third-order valence-corrected chi connectivity index (χ3v) is 3.16. The van der Waals surface area contributed by atoms with E-state index in [1.807, 2.05) is 6.07 Å². The Kier molecular flexibility index (Phi) is 3.62. The minimum Gasteiger partial charge on any atom is -0.385 e. The first-order chi connectivity index (χ1) is 7.31. The second-order valence-electron chi connectivity index (χ2n) is 3.95. The van der Waals surface area contributed by atoms with Gasteiger partial charge in [0, 0.05) is 31.8 Å². The minimum atomic E-state index is 0.535. The van der Waals surface area contributed by atoms with Crippen LogP contribution in [-0.2, 0) is 11.3 Å². The molecule has 15 heavy (non-hydrogen) atoms. The van der Waals surface area contributed by atoms with Crippen LogP contribution < -0.4 is 5.32 Å². The molecule has 3 heteroatoms. The first kappa shape index (κ1) is 10.9. The molecule has 0 saturated carbocycles. The Balaban J connectivity index is 2.20. The first-order valence-corrected chi connectivity index (χ1v) is 5.67. The zero-order valence-electron chi connectivity index (χ0n) is 8.92. The van der Waals surface area contributed by atoms with Crippen molar-refractivity contribution in [2.75, 3.05) is 20.3 Å². The summed E-state index contributed by atoms with van der Waals surface area (Å²) in [7, 11) is 1.75. The molecule has 0 spiro atoms. The molecule has 1 aromatic carbocycles. The molecule has 0 fully saturated rings. The van der Waals surface area contributed by atoms with Gasteiger partial charge in [-0.1, -0.05) is 17.7 Å². The molecular weight excluding hydrogens is 210 g/mol. The summed E-state index contributed by atoms with van der Waals surface area (Å²) in [5.41, 5.74) is 2.75. The van der Waals surface area contributed by atoms with Crippen LogP contribution in [0.2, 0.25) is 5.02 Å². The molecule has 1 atom stereocenters. The number of rotatable bonds is 3. The van der Waals surface area contributed by atoms with Gasteiger partial charge in [-0.05, 0) is 35.6 Å². The summed E-state index contributed by atoms with van der Waals surface area (Å²) in [6.07, 6.45) is 1.05. The van der Waals surface area contributed by atoms with Crippen LogP contribution in [0.1, 0.15) is 23.5 Å². The van der Waals surface area contributed by atoms with E-state index in [-0.39, 0.29) is 0 Å². The van der Waals surface area contributed by atoms with E-state index in [0.717, 1.165) is 31.1 Å². The zero-order valence-corrected chi connectivity index (χ0v) is 9.68. The van der Waals surface area contributed by atoms with E-state index in [9.17, 15) is 0 Å². The molecule has 1 aromatic rings. The second-order valence-corrected chi connectivity index (χ2v) is 4.39. The van der Waals surface area contributed by atoms with Gasteiger partial charge in [0.05, 0.1) is 0 Å². The molecule has 1 N–H and O–H groups in total. The van der Waals surface area contributed by atoms with Crippen LogP contribution in [0.4, 0.5) is 0 Å². The molecular formula is C12H16ClNO. The van der Waals surface area contributed by atoms with Crippen molar-refractivity contribution in [3.8, 4) is 0 Å². The zero-order chi connectivity index (χ0) is 10.7. The molecule has 1 heterocycles. The summed E-state index contributed by atoms with van der Waals surface area (Å²) in [4.78, 5) is 0. The highest BCUT2D eigenvalue weighted by atomic mass is 35.5. The Morgan fingerprint density at radius 2 is 2.40 bits per heavy atom. The minimum absolute atomic E-state index is 0.535. The van der Waals surface area contributed by atoms with E-state index in [4.69, 9.17) is 16.3 Å². The van der Waals surface area contributed by atoms with Crippen molar-refractivity contribution in [1.29, 1.82) is 0 Å². The van der Waals surface area contributed by atoms with Gasteiger partial charge in [0.15, 0.2) is 0 Å². The van der Waals surface area contributed by atoms with E-state index in [0.29, 0.717) is 5.92 Å². The van der Waals surface area contributed by atoms with Crippen LogP contribution in [0.15, 0.2) is 18.2 Å². The molecule has 2 nitrogen and oxygen atoms in total. The molecule has 0 aromatic heterocycles. The van der Waals surface area contributed by atoms with Gasteiger partial charge in [0.2, 0.25) is 0 Å². The van der Waals surface area contributed by atoms with Gasteiger partial charge < -0.3 is 10.1 Å². The van der Waals surface area contributed by atoms with Crippen LogP contribution in [0, 0.1) is 0 Å². The molecule has 0 radical (unpaired) electrons. The highest BCUT2D eigenvalue weighted by Crippen LogP contribution is 2.29. The van der Waals surface area contributed by atoms with Crippen molar-refractivity contribution >= 4 is 11.6 Å². The van der Waals surface area contributed by atoms with Crippen LogP contribution in [-0.4, -0.2) is 20.3 Å². The quantitative estimate of drug-likeness (QED) is 0.854. The summed E-state index contributed by atoms with van der Waals surface area (Å²) in [6.45, 7) is 2.78. The summed E-state index contributed by atoms with van der Waals surface area (Å²) >= 11 is 6.02. The lowest BCUT2D eigenvalue weighted by Crippen LogP contribution is -2.28. The van der Waals surface area contributed by atoms with Gasteiger partial charge in [-0.3, -0.25) is 0 Å². The van der Waals surface area contributed by atoms with Crippen molar-refractivity contribution in [2.24, 2.45) is 0 Å². The third-order valence-electron chi connectivity index (χ3n) is 2.92. The molecule has 0 saturated heterocycles. The van der Waals surface area contributed by atoms with Gasteiger partial charge in [0.25, 0.3) is 0 Å². The molecule has 1 unspecified atom stereocenters. The molecule has 1 aliphatic heterocycles. The highest BCUT2D eigenvalue weighted by Gasteiger charge is 2.19. The molecule has 82 valence electrons. The first-order valence-electron chi connectivity index (χ1n) is 5.29. The average molecular weight is 226 g/mol. The van der Waals surface area contributed by atoms with Crippen molar-refractivity contribution in [2.45, 2.75) is 18.9 Å². The van der Waals surface area contributed by atoms with Crippen LogP contribution in [0.3, 0.4) is 0 Å². The van der Waals surface area contributed by atoms with Crippen LogP contribution >= 0.6 is 11.6 Å². The summed E-state index contributed by atoms with van der Waals surface area (Å²) in [6, 6.07) is 6.17. The maximum absolute atomic E-state index is 6.02. The predicted octanol–water partition coefficient (Wildman–Crippen LogP) is 2.56. The monoisotopic (exact) mass is 225 g/mol. The average Bonchev–Trinajstić information content (AvgIpc) is 2.26. The molecule has 0 aliphatic carbocycles. The highest BCUT2D eigenvalue weighted by molar-refractivity contribution is 6.30.